The minimum absolute atomic E-state index is 0.347. The van der Waals surface area contributed by atoms with Crippen LogP contribution in [-0.2, 0) is 4.57 Å². The fraction of sp³-hybridized carbons (Fsp3) is 0.100. The summed E-state index contributed by atoms with van der Waals surface area (Å²) in [5.41, 5.74) is 0.551. The number of anilines is 1. The molecular weight excluding hydrogens is 420 g/mol. The number of benzene rings is 3. The van der Waals surface area contributed by atoms with Crippen molar-refractivity contribution in [1.29, 1.82) is 0 Å². The molecule has 0 radical (unpaired) electrons. The molecule has 8 heteroatoms. The molecule has 3 rings (SSSR count). The van der Waals surface area contributed by atoms with E-state index in [2.05, 4.69) is 5.09 Å². The smallest absolute Gasteiger partial charge is 0.494 e. The van der Waals surface area contributed by atoms with Crippen LogP contribution < -0.4 is 18.9 Å². The van der Waals surface area contributed by atoms with Crippen LogP contribution in [-0.4, -0.2) is 6.61 Å². The first-order valence-electron chi connectivity index (χ1n) is 8.47. The topological polar surface area (TPSA) is 56.8 Å². The molecular formula is C20H18Cl2NO4P. The van der Waals surface area contributed by atoms with E-state index < -0.39 is 7.75 Å². The number of rotatable bonds is 8. The SMILES string of the molecule is CCOc1ccc(NP(=O)(Oc2ccc(Cl)cc2)Oc2ccc(Cl)cc2)cc1. The Balaban J connectivity index is 1.84. The van der Waals surface area contributed by atoms with Gasteiger partial charge in [0.1, 0.15) is 17.2 Å². The molecule has 0 aliphatic rings. The van der Waals surface area contributed by atoms with Crippen LogP contribution in [0.5, 0.6) is 17.2 Å². The van der Waals surface area contributed by atoms with E-state index in [0.29, 0.717) is 39.6 Å². The van der Waals surface area contributed by atoms with Crippen molar-refractivity contribution in [3.8, 4) is 17.2 Å². The molecule has 0 saturated heterocycles. The second-order valence-electron chi connectivity index (χ2n) is 5.66. The molecule has 146 valence electrons. The van der Waals surface area contributed by atoms with Crippen molar-refractivity contribution in [1.82, 2.24) is 0 Å². The molecule has 5 nitrogen and oxygen atoms in total. The second-order valence-corrected chi connectivity index (χ2v) is 8.11. The van der Waals surface area contributed by atoms with Gasteiger partial charge in [-0.1, -0.05) is 23.2 Å². The van der Waals surface area contributed by atoms with Crippen molar-refractivity contribution >= 4 is 36.6 Å². The summed E-state index contributed by atoms with van der Waals surface area (Å²) in [4.78, 5) is 0. The molecule has 3 aromatic carbocycles. The molecule has 0 aliphatic heterocycles. The Kier molecular flexibility index (Phi) is 6.74. The number of halogens is 2. The summed E-state index contributed by atoms with van der Waals surface area (Å²) in [5.74, 6) is 1.40. The zero-order chi connectivity index (χ0) is 20.0. The summed E-state index contributed by atoms with van der Waals surface area (Å²) >= 11 is 11.8. The van der Waals surface area contributed by atoms with E-state index >= 15 is 0 Å². The number of hydrogen-bond donors (Lipinski definition) is 1. The summed E-state index contributed by atoms with van der Waals surface area (Å²) in [6, 6.07) is 20.0. The summed E-state index contributed by atoms with van der Waals surface area (Å²) in [5, 5.41) is 3.92. The van der Waals surface area contributed by atoms with E-state index in [9.17, 15) is 4.57 Å². The van der Waals surface area contributed by atoms with E-state index in [4.69, 9.17) is 37.0 Å². The van der Waals surface area contributed by atoms with Crippen molar-refractivity contribution in [3.63, 3.8) is 0 Å². The Hall–Kier alpha value is -2.33. The highest BCUT2D eigenvalue weighted by Gasteiger charge is 2.29. The quantitative estimate of drug-likeness (QED) is 0.381. The predicted molar refractivity (Wildman–Crippen MR) is 113 cm³/mol. The van der Waals surface area contributed by atoms with Gasteiger partial charge in [0.2, 0.25) is 0 Å². The first-order chi connectivity index (χ1) is 13.5. The molecule has 0 saturated carbocycles. The highest BCUT2D eigenvalue weighted by atomic mass is 35.5. The van der Waals surface area contributed by atoms with Gasteiger partial charge in [-0.15, -0.1) is 0 Å². The van der Waals surface area contributed by atoms with Gasteiger partial charge in [0.05, 0.1) is 6.61 Å². The fourth-order valence-electron chi connectivity index (χ4n) is 2.28. The molecule has 0 heterocycles. The third kappa shape index (κ3) is 5.83. The lowest BCUT2D eigenvalue weighted by molar-refractivity contribution is 0.340. The Morgan fingerprint density at radius 3 is 1.61 bits per heavy atom. The number of hydrogen-bond acceptors (Lipinski definition) is 4. The largest absolute Gasteiger partial charge is 0.541 e. The molecule has 0 aromatic heterocycles. The average molecular weight is 438 g/mol. The van der Waals surface area contributed by atoms with Crippen LogP contribution in [0.4, 0.5) is 5.69 Å². The van der Waals surface area contributed by atoms with Crippen molar-refractivity contribution in [2.75, 3.05) is 11.7 Å². The normalized spacial score (nSPS) is 11.0. The van der Waals surface area contributed by atoms with Gasteiger partial charge in [0.25, 0.3) is 0 Å². The molecule has 1 N–H and O–H groups in total. The maximum atomic E-state index is 13.4. The van der Waals surface area contributed by atoms with Crippen molar-refractivity contribution in [2.45, 2.75) is 6.92 Å². The maximum Gasteiger partial charge on any atom is 0.541 e. The van der Waals surface area contributed by atoms with E-state index in [-0.39, 0.29) is 0 Å². The molecule has 0 bridgehead atoms. The van der Waals surface area contributed by atoms with Gasteiger partial charge in [-0.3, -0.25) is 5.09 Å². The molecule has 0 spiro atoms. The molecule has 0 fully saturated rings. The lowest BCUT2D eigenvalue weighted by Gasteiger charge is -2.21. The van der Waals surface area contributed by atoms with Crippen LogP contribution in [0.2, 0.25) is 10.0 Å². The third-order valence-corrected chi connectivity index (χ3v) is 5.45. The molecule has 0 amide bonds. The monoisotopic (exact) mass is 437 g/mol. The highest BCUT2D eigenvalue weighted by Crippen LogP contribution is 2.48. The minimum Gasteiger partial charge on any atom is -0.494 e. The van der Waals surface area contributed by atoms with Crippen LogP contribution in [0.15, 0.2) is 72.8 Å². The van der Waals surface area contributed by atoms with Gasteiger partial charge in [-0.25, -0.2) is 4.57 Å². The molecule has 28 heavy (non-hydrogen) atoms. The van der Waals surface area contributed by atoms with Crippen LogP contribution in [0.25, 0.3) is 0 Å². The lowest BCUT2D eigenvalue weighted by Crippen LogP contribution is -2.10. The summed E-state index contributed by atoms with van der Waals surface area (Å²) in [7, 11) is -3.82. The maximum absolute atomic E-state index is 13.4. The minimum atomic E-state index is -3.82. The first-order valence-corrected chi connectivity index (χ1v) is 10.8. The molecule has 0 unspecified atom stereocenters. The molecule has 3 aromatic rings. The number of nitrogens with one attached hydrogen (secondary N) is 1. The first kappa shape index (κ1) is 20.4. The predicted octanol–water partition coefficient (Wildman–Crippen LogP) is 7.07. The fourth-order valence-corrected chi connectivity index (χ4v) is 3.93. The van der Waals surface area contributed by atoms with E-state index in [1.54, 1.807) is 72.8 Å². The van der Waals surface area contributed by atoms with Crippen LogP contribution in [0, 0.1) is 0 Å². The van der Waals surface area contributed by atoms with Crippen molar-refractivity contribution in [2.24, 2.45) is 0 Å². The highest BCUT2D eigenvalue weighted by molar-refractivity contribution is 7.56. The second kappa shape index (κ2) is 9.24. The van der Waals surface area contributed by atoms with Gasteiger partial charge < -0.3 is 13.8 Å². The van der Waals surface area contributed by atoms with Crippen LogP contribution in [0.3, 0.4) is 0 Å². The summed E-state index contributed by atoms with van der Waals surface area (Å²) in [6.45, 7) is 2.46. The Labute approximate surface area is 173 Å². The third-order valence-electron chi connectivity index (χ3n) is 3.51. The van der Waals surface area contributed by atoms with Gasteiger partial charge in [0.15, 0.2) is 0 Å². The zero-order valence-corrected chi connectivity index (χ0v) is 17.4. The van der Waals surface area contributed by atoms with Gasteiger partial charge in [-0.2, -0.15) is 0 Å². The molecule has 0 aliphatic carbocycles. The van der Waals surface area contributed by atoms with Crippen LogP contribution in [0.1, 0.15) is 6.92 Å². The van der Waals surface area contributed by atoms with Crippen molar-refractivity contribution < 1.29 is 18.3 Å². The van der Waals surface area contributed by atoms with E-state index in [1.165, 1.54) is 0 Å². The average Bonchev–Trinajstić information content (AvgIpc) is 2.67. The van der Waals surface area contributed by atoms with Crippen molar-refractivity contribution in [3.05, 3.63) is 82.8 Å². The number of ether oxygens (including phenoxy) is 1. The zero-order valence-electron chi connectivity index (χ0n) is 15.0. The lowest BCUT2D eigenvalue weighted by atomic mass is 10.3. The Morgan fingerprint density at radius 2 is 1.18 bits per heavy atom. The molecule has 0 atom stereocenters. The summed E-state index contributed by atoms with van der Waals surface area (Å²) < 4.78 is 30.2. The van der Waals surface area contributed by atoms with Gasteiger partial charge in [0, 0.05) is 15.7 Å². The van der Waals surface area contributed by atoms with Crippen LogP contribution >= 0.6 is 30.9 Å². The Bertz CT molecular complexity index is 896. The summed E-state index contributed by atoms with van der Waals surface area (Å²) in [6.07, 6.45) is 0. The van der Waals surface area contributed by atoms with E-state index in [1.807, 2.05) is 6.92 Å². The van der Waals surface area contributed by atoms with Gasteiger partial charge >= 0.3 is 7.75 Å². The Morgan fingerprint density at radius 1 is 0.750 bits per heavy atom. The van der Waals surface area contributed by atoms with Gasteiger partial charge in [-0.05, 0) is 79.7 Å². The van der Waals surface area contributed by atoms with E-state index in [0.717, 1.165) is 0 Å². The standard InChI is InChI=1S/C20H18Cl2NO4P/c1-2-25-18-13-7-17(8-14-18)23-28(24,26-19-9-3-15(21)4-10-19)27-20-11-5-16(22)6-12-20/h3-14H,2H2,1H3,(H,23,24).